The van der Waals surface area contributed by atoms with Crippen LogP contribution in [0.5, 0.6) is 0 Å². The molecule has 1 aliphatic heterocycles. The van der Waals surface area contributed by atoms with Crippen LogP contribution in [0.1, 0.15) is 36.8 Å². The number of alkyl halides is 2. The molecular weight excluding hydrogens is 441 g/mol. The lowest BCUT2D eigenvalue weighted by Gasteiger charge is -2.42. The third-order valence-electron chi connectivity index (χ3n) is 5.81. The molecule has 3 nitrogen and oxygen atoms in total. The first-order valence-corrected chi connectivity index (χ1v) is 11.1. The molecular formula is C24H24Cl2F2N2O. The third kappa shape index (κ3) is 5.11. The van der Waals surface area contributed by atoms with E-state index in [4.69, 9.17) is 32.9 Å². The molecule has 0 saturated heterocycles. The van der Waals surface area contributed by atoms with Gasteiger partial charge < -0.3 is 9.64 Å². The Bertz CT molecular complexity index is 978. The predicted molar refractivity (Wildman–Crippen MR) is 123 cm³/mol. The van der Waals surface area contributed by atoms with Gasteiger partial charge in [0.25, 0.3) is 0 Å². The summed E-state index contributed by atoms with van der Waals surface area (Å²) in [6.45, 7) is 0.920. The summed E-state index contributed by atoms with van der Waals surface area (Å²) in [5.41, 5.74) is 4.44. The van der Waals surface area contributed by atoms with Crippen molar-refractivity contribution in [3.05, 3.63) is 69.7 Å². The molecule has 0 radical (unpaired) electrons. The largest absolute Gasteiger partial charge is 0.379 e. The van der Waals surface area contributed by atoms with E-state index in [1.807, 2.05) is 48.5 Å². The second kappa shape index (κ2) is 9.27. The molecule has 1 aliphatic carbocycles. The molecule has 2 aromatic carbocycles. The van der Waals surface area contributed by atoms with Gasteiger partial charge in [-0.15, -0.1) is 0 Å². The fourth-order valence-electron chi connectivity index (χ4n) is 4.27. The molecule has 0 N–H and O–H groups in total. The standard InChI is InChI=1S/C24H24Cl2F2N2O/c1-31-15-20-14-30(21-10-12-24(27,28)13-11-21)23(17-4-8-19(26)9-5-17)22(29-20)16-2-6-18(25)7-3-16/h2-9,21H,10-15H2,1H3. The Balaban J connectivity index is 1.85. The Morgan fingerprint density at radius 3 is 2.06 bits per heavy atom. The molecule has 0 bridgehead atoms. The van der Waals surface area contributed by atoms with Crippen LogP contribution in [0.2, 0.25) is 10.0 Å². The molecule has 31 heavy (non-hydrogen) atoms. The summed E-state index contributed by atoms with van der Waals surface area (Å²) in [6, 6.07) is 15.1. The summed E-state index contributed by atoms with van der Waals surface area (Å²) in [5.74, 6) is -2.58. The van der Waals surface area contributed by atoms with Crippen molar-refractivity contribution in [2.75, 3.05) is 20.3 Å². The molecule has 1 fully saturated rings. The van der Waals surface area contributed by atoms with Gasteiger partial charge in [0, 0.05) is 47.2 Å². The van der Waals surface area contributed by atoms with E-state index < -0.39 is 5.92 Å². The molecule has 2 aromatic rings. The number of benzene rings is 2. The number of nitrogens with zero attached hydrogens (tertiary/aromatic N) is 2. The SMILES string of the molecule is COCC1=NC(c2ccc(Cl)cc2)=C(c2ccc(Cl)cc2)N(C2CCC(F)(F)CC2)C1. The Kier molecular flexibility index (Phi) is 6.65. The van der Waals surface area contributed by atoms with E-state index in [9.17, 15) is 8.78 Å². The van der Waals surface area contributed by atoms with Crippen LogP contribution < -0.4 is 0 Å². The molecule has 0 amide bonds. The van der Waals surface area contributed by atoms with Crippen LogP contribution in [0.15, 0.2) is 53.5 Å². The quantitative estimate of drug-likeness (QED) is 0.485. The summed E-state index contributed by atoms with van der Waals surface area (Å²) >= 11 is 12.2. The van der Waals surface area contributed by atoms with E-state index in [1.54, 1.807) is 7.11 Å². The van der Waals surface area contributed by atoms with Gasteiger partial charge in [0.05, 0.1) is 30.3 Å². The zero-order chi connectivity index (χ0) is 22.0. The zero-order valence-electron chi connectivity index (χ0n) is 17.3. The lowest BCUT2D eigenvalue weighted by atomic mass is 9.89. The second-order valence-electron chi connectivity index (χ2n) is 8.04. The molecule has 0 atom stereocenters. The van der Waals surface area contributed by atoms with Crippen molar-refractivity contribution in [1.82, 2.24) is 4.90 Å². The molecule has 0 spiro atoms. The minimum atomic E-state index is -2.58. The average Bonchev–Trinajstić information content (AvgIpc) is 2.75. The topological polar surface area (TPSA) is 24.8 Å². The van der Waals surface area contributed by atoms with Gasteiger partial charge in [0.1, 0.15) is 0 Å². The van der Waals surface area contributed by atoms with E-state index in [0.717, 1.165) is 28.2 Å². The number of rotatable bonds is 5. The van der Waals surface area contributed by atoms with Gasteiger partial charge in [0.2, 0.25) is 5.92 Å². The predicted octanol–water partition coefficient (Wildman–Crippen LogP) is 6.80. The first-order valence-electron chi connectivity index (χ1n) is 10.3. The first-order chi connectivity index (χ1) is 14.9. The summed E-state index contributed by atoms with van der Waals surface area (Å²) in [6.07, 6.45) is 0.653. The number of hydrogen-bond donors (Lipinski definition) is 0. The monoisotopic (exact) mass is 464 g/mol. The summed E-state index contributed by atoms with van der Waals surface area (Å²) in [7, 11) is 1.63. The van der Waals surface area contributed by atoms with E-state index >= 15 is 0 Å². The van der Waals surface area contributed by atoms with Crippen molar-refractivity contribution in [3.63, 3.8) is 0 Å². The molecule has 2 aliphatic rings. The molecule has 0 unspecified atom stereocenters. The highest BCUT2D eigenvalue weighted by atomic mass is 35.5. The molecule has 0 aromatic heterocycles. The van der Waals surface area contributed by atoms with Crippen LogP contribution in [-0.2, 0) is 4.74 Å². The number of methoxy groups -OCH3 is 1. The fraction of sp³-hybridized carbons (Fsp3) is 0.375. The minimum Gasteiger partial charge on any atom is -0.379 e. The van der Waals surface area contributed by atoms with Crippen molar-refractivity contribution in [2.45, 2.75) is 37.6 Å². The van der Waals surface area contributed by atoms with Gasteiger partial charge in [-0.3, -0.25) is 4.99 Å². The zero-order valence-corrected chi connectivity index (χ0v) is 18.8. The van der Waals surface area contributed by atoms with Crippen molar-refractivity contribution < 1.29 is 13.5 Å². The van der Waals surface area contributed by atoms with Gasteiger partial charge in [-0.25, -0.2) is 8.78 Å². The van der Waals surface area contributed by atoms with Crippen molar-refractivity contribution in [1.29, 1.82) is 0 Å². The molecule has 4 rings (SSSR count). The van der Waals surface area contributed by atoms with Crippen molar-refractivity contribution in [3.8, 4) is 0 Å². The number of aliphatic imine (C=N–C) groups is 1. The minimum absolute atomic E-state index is 0.00467. The first kappa shape index (κ1) is 22.3. The van der Waals surface area contributed by atoms with Crippen molar-refractivity contribution >= 4 is 40.3 Å². The van der Waals surface area contributed by atoms with Crippen molar-refractivity contribution in [2.24, 2.45) is 4.99 Å². The molecule has 164 valence electrons. The van der Waals surface area contributed by atoms with Gasteiger partial charge in [-0.2, -0.15) is 0 Å². The van der Waals surface area contributed by atoms with E-state index in [2.05, 4.69) is 4.90 Å². The Morgan fingerprint density at radius 1 is 0.968 bits per heavy atom. The van der Waals surface area contributed by atoms with Gasteiger partial charge in [0.15, 0.2) is 0 Å². The van der Waals surface area contributed by atoms with Crippen LogP contribution in [0, 0.1) is 0 Å². The highest BCUT2D eigenvalue weighted by Gasteiger charge is 2.39. The maximum atomic E-state index is 13.9. The van der Waals surface area contributed by atoms with Gasteiger partial charge >= 0.3 is 0 Å². The second-order valence-corrected chi connectivity index (χ2v) is 8.91. The lowest BCUT2D eigenvalue weighted by Crippen LogP contribution is -2.44. The van der Waals surface area contributed by atoms with E-state index in [-0.39, 0.29) is 18.9 Å². The van der Waals surface area contributed by atoms with Crippen LogP contribution in [-0.4, -0.2) is 42.8 Å². The Labute approximate surface area is 191 Å². The third-order valence-corrected chi connectivity index (χ3v) is 6.31. The smallest absolute Gasteiger partial charge is 0.248 e. The molecule has 7 heteroatoms. The number of ether oxygens (including phenoxy) is 1. The Hall–Kier alpha value is -1.95. The van der Waals surface area contributed by atoms with Gasteiger partial charge in [-0.1, -0.05) is 47.5 Å². The maximum Gasteiger partial charge on any atom is 0.248 e. The highest BCUT2D eigenvalue weighted by molar-refractivity contribution is 6.31. The molecule has 1 heterocycles. The Morgan fingerprint density at radius 2 is 1.52 bits per heavy atom. The lowest BCUT2D eigenvalue weighted by molar-refractivity contribution is -0.0476. The van der Waals surface area contributed by atoms with Crippen LogP contribution in [0.25, 0.3) is 11.4 Å². The van der Waals surface area contributed by atoms with Gasteiger partial charge in [-0.05, 0) is 37.1 Å². The summed E-state index contributed by atoms with van der Waals surface area (Å²) in [5, 5.41) is 1.28. The average molecular weight is 465 g/mol. The number of halogens is 4. The summed E-state index contributed by atoms with van der Waals surface area (Å²) < 4.78 is 33.1. The normalized spacial score (nSPS) is 19.5. The fourth-order valence-corrected chi connectivity index (χ4v) is 4.52. The highest BCUT2D eigenvalue weighted by Crippen LogP contribution is 2.41. The van der Waals surface area contributed by atoms with Crippen LogP contribution in [0.3, 0.4) is 0 Å². The van der Waals surface area contributed by atoms with Crippen LogP contribution >= 0.6 is 23.2 Å². The maximum absolute atomic E-state index is 13.9. The van der Waals surface area contributed by atoms with Crippen LogP contribution in [0.4, 0.5) is 8.78 Å². The summed E-state index contributed by atoms with van der Waals surface area (Å²) in [4.78, 5) is 7.16. The molecule has 1 saturated carbocycles. The van der Waals surface area contributed by atoms with E-state index in [0.29, 0.717) is 36.0 Å². The number of hydrogen-bond acceptors (Lipinski definition) is 3. The van der Waals surface area contributed by atoms with E-state index in [1.165, 1.54) is 0 Å².